The maximum absolute atomic E-state index is 12.9. The number of aliphatic hydroxyl groups excluding tert-OH is 1. The molecule has 1 aliphatic heterocycles. The van der Waals surface area contributed by atoms with Crippen LogP contribution in [0.25, 0.3) is 33.7 Å². The summed E-state index contributed by atoms with van der Waals surface area (Å²) in [6, 6.07) is 60.9. The molecule has 64 heavy (non-hydrogen) atoms. The van der Waals surface area contributed by atoms with Crippen LogP contribution in [-0.2, 0) is 22.6 Å². The molecule has 1 fully saturated rings. The number of carbonyl (C=O) groups is 1. The largest absolute Gasteiger partial charge is 0.457 e. The number of aromatic nitrogens is 1. The van der Waals surface area contributed by atoms with E-state index in [-0.39, 0.29) is 30.8 Å². The van der Waals surface area contributed by atoms with Crippen LogP contribution >= 0.6 is 11.8 Å². The Morgan fingerprint density at radius 2 is 1.30 bits per heavy atom. The molecule has 2 amide bonds. The van der Waals surface area contributed by atoms with E-state index in [9.17, 15) is 9.90 Å². The van der Waals surface area contributed by atoms with Crippen molar-refractivity contribution in [2.24, 2.45) is 5.92 Å². The number of rotatable bonds is 14. The van der Waals surface area contributed by atoms with Crippen LogP contribution in [0, 0.1) is 5.92 Å². The topological polar surface area (TPSA) is 115 Å². The Morgan fingerprint density at radius 1 is 0.656 bits per heavy atom. The zero-order valence-corrected chi connectivity index (χ0v) is 36.0. The second kappa shape index (κ2) is 20.0. The van der Waals surface area contributed by atoms with Gasteiger partial charge in [-0.25, -0.2) is 9.78 Å². The molecule has 1 saturated heterocycles. The first-order chi connectivity index (χ1) is 31.5. The maximum Gasteiger partial charge on any atom is 0.319 e. The molecule has 0 spiro atoms. The van der Waals surface area contributed by atoms with E-state index >= 15 is 0 Å². The van der Waals surface area contributed by atoms with Crippen LogP contribution in [0.3, 0.4) is 0 Å². The number of ether oxygens (including phenoxy) is 3. The van der Waals surface area contributed by atoms with Crippen molar-refractivity contribution in [3.8, 4) is 45.2 Å². The number of hydrogen-bond donors (Lipinski definition) is 3. The minimum atomic E-state index is -0.666. The predicted octanol–water partition coefficient (Wildman–Crippen LogP) is 12.9. The van der Waals surface area contributed by atoms with Crippen molar-refractivity contribution in [2.75, 3.05) is 11.1 Å². The minimum Gasteiger partial charge on any atom is -0.457 e. The van der Waals surface area contributed by atoms with Gasteiger partial charge in [-0.2, -0.15) is 0 Å². The van der Waals surface area contributed by atoms with Crippen LogP contribution < -0.4 is 15.4 Å². The highest BCUT2D eigenvalue weighted by molar-refractivity contribution is 7.99. The summed E-state index contributed by atoms with van der Waals surface area (Å²) in [5.41, 5.74) is 9.06. The lowest BCUT2D eigenvalue weighted by Crippen LogP contribution is -2.38. The average molecular weight is 866 g/mol. The number of thioether (sulfide) groups is 1. The first-order valence-electron chi connectivity index (χ1n) is 21.3. The SMILES string of the molecule is C[C@H]1[C@@H](CSc2nc(-c3ccccc3)c(-c3ccccc3)o2)O[C@@H](c2cccc(-c3cccc(CNC(=O)Nc4ccc(Oc5ccccc5)cc4)c3)c2)O[C@H]1c1ccc(CO)cc1. The monoisotopic (exact) mass is 865 g/mol. The molecule has 2 heterocycles. The molecule has 10 heteroatoms. The zero-order valence-electron chi connectivity index (χ0n) is 35.2. The van der Waals surface area contributed by atoms with Gasteiger partial charge < -0.3 is 34.4 Å². The molecule has 9 nitrogen and oxygen atoms in total. The second-order valence-corrected chi connectivity index (χ2v) is 16.6. The van der Waals surface area contributed by atoms with Crippen molar-refractivity contribution >= 4 is 23.5 Å². The normalized spacial score (nSPS) is 17.1. The van der Waals surface area contributed by atoms with Gasteiger partial charge in [-0.15, -0.1) is 0 Å². The molecule has 4 atom stereocenters. The van der Waals surface area contributed by atoms with E-state index in [1.165, 1.54) is 11.8 Å². The van der Waals surface area contributed by atoms with Crippen molar-refractivity contribution < 1.29 is 28.5 Å². The number of hydrogen-bond acceptors (Lipinski definition) is 8. The van der Waals surface area contributed by atoms with Gasteiger partial charge in [0.1, 0.15) is 17.2 Å². The summed E-state index contributed by atoms with van der Waals surface area (Å²) in [4.78, 5) is 17.9. The summed E-state index contributed by atoms with van der Waals surface area (Å²) in [5, 5.41) is 16.2. The van der Waals surface area contributed by atoms with Gasteiger partial charge in [0.2, 0.25) is 0 Å². The lowest BCUT2D eigenvalue weighted by atomic mass is 9.91. The molecule has 320 valence electrons. The van der Waals surface area contributed by atoms with Gasteiger partial charge in [-0.3, -0.25) is 0 Å². The maximum atomic E-state index is 12.9. The van der Waals surface area contributed by atoms with Crippen LogP contribution in [0.5, 0.6) is 11.5 Å². The number of urea groups is 1. The Balaban J connectivity index is 0.899. The number of oxazole rings is 1. The standard InChI is InChI=1S/C54H47N3O6S/c1-36-48(35-64-54-57-49(39-14-5-2-6-15-39)51(63-54)40-16-7-3-8-17-40)61-52(62-50(36)41-25-23-37(34-58)24-26-41)44-20-12-19-43(32-44)42-18-11-13-38(31-42)33-55-53(59)56-45-27-29-47(30-28-45)60-46-21-9-4-10-22-46/h2-32,36,48,50,52,58H,33-35H2,1H3,(H2,55,56,59)/t36-,48+,50+,52+/m0/s1. The van der Waals surface area contributed by atoms with Crippen molar-refractivity contribution in [2.45, 2.75) is 43.8 Å². The first kappa shape index (κ1) is 42.4. The molecule has 8 aromatic rings. The van der Waals surface area contributed by atoms with Gasteiger partial charge in [0, 0.05) is 40.6 Å². The average Bonchev–Trinajstić information content (AvgIpc) is 3.79. The Bertz CT molecular complexity index is 2710. The Labute approximate surface area is 377 Å². The number of benzene rings is 7. The molecular formula is C54H47N3O6S. The van der Waals surface area contributed by atoms with Crippen molar-refractivity contribution in [3.63, 3.8) is 0 Å². The van der Waals surface area contributed by atoms with Crippen LogP contribution in [0.2, 0.25) is 0 Å². The Morgan fingerprint density at radius 3 is 2.02 bits per heavy atom. The van der Waals surface area contributed by atoms with Crippen LogP contribution in [0.1, 0.15) is 41.6 Å². The number of nitrogens with one attached hydrogen (secondary N) is 2. The van der Waals surface area contributed by atoms with E-state index in [0.717, 1.165) is 61.7 Å². The van der Waals surface area contributed by atoms with Gasteiger partial charge >= 0.3 is 6.03 Å². The van der Waals surface area contributed by atoms with Crippen LogP contribution in [0.15, 0.2) is 198 Å². The third kappa shape index (κ3) is 10.3. The van der Waals surface area contributed by atoms with Gasteiger partial charge in [-0.1, -0.05) is 158 Å². The van der Waals surface area contributed by atoms with Gasteiger partial charge in [0.15, 0.2) is 12.1 Å². The van der Waals surface area contributed by atoms with Crippen molar-refractivity contribution in [3.05, 3.63) is 210 Å². The molecular weight excluding hydrogens is 819 g/mol. The van der Waals surface area contributed by atoms with E-state index in [0.29, 0.717) is 29.0 Å². The highest BCUT2D eigenvalue weighted by Gasteiger charge is 2.39. The molecule has 0 radical (unpaired) electrons. The highest BCUT2D eigenvalue weighted by Crippen LogP contribution is 2.44. The van der Waals surface area contributed by atoms with Crippen molar-refractivity contribution in [1.29, 1.82) is 0 Å². The summed E-state index contributed by atoms with van der Waals surface area (Å²) in [7, 11) is 0. The molecule has 0 bridgehead atoms. The van der Waals surface area contributed by atoms with Crippen molar-refractivity contribution in [1.82, 2.24) is 10.3 Å². The number of nitrogens with zero attached hydrogens (tertiary/aromatic N) is 1. The molecule has 7 aromatic carbocycles. The zero-order chi connectivity index (χ0) is 43.7. The molecule has 0 unspecified atom stereocenters. The molecule has 3 N–H and O–H groups in total. The van der Waals surface area contributed by atoms with Gasteiger partial charge in [0.05, 0.1) is 18.8 Å². The summed E-state index contributed by atoms with van der Waals surface area (Å²) in [6.45, 7) is 2.46. The summed E-state index contributed by atoms with van der Waals surface area (Å²) >= 11 is 1.53. The summed E-state index contributed by atoms with van der Waals surface area (Å²) in [5.74, 6) is 2.70. The quantitative estimate of drug-likeness (QED) is 0.0926. The van der Waals surface area contributed by atoms with Gasteiger partial charge in [0.25, 0.3) is 5.22 Å². The van der Waals surface area contributed by atoms with Crippen LogP contribution in [-0.4, -0.2) is 28.0 Å². The van der Waals surface area contributed by atoms with E-state index in [1.54, 1.807) is 0 Å². The Hall–Kier alpha value is -6.95. The predicted molar refractivity (Wildman–Crippen MR) is 252 cm³/mol. The lowest BCUT2D eigenvalue weighted by Gasteiger charge is -2.41. The van der Waals surface area contributed by atoms with E-state index in [4.69, 9.17) is 23.6 Å². The number of carbonyl (C=O) groups excluding carboxylic acids is 1. The van der Waals surface area contributed by atoms with E-state index < -0.39 is 6.29 Å². The Kier molecular flexibility index (Phi) is 13.3. The number of aliphatic hydroxyl groups is 1. The number of amides is 2. The molecule has 0 aliphatic carbocycles. The van der Waals surface area contributed by atoms with E-state index in [1.807, 2.05) is 164 Å². The number of para-hydroxylation sites is 1. The number of anilines is 1. The summed E-state index contributed by atoms with van der Waals surface area (Å²) in [6.07, 6.45) is -1.18. The fourth-order valence-electron chi connectivity index (χ4n) is 7.72. The molecule has 0 saturated carbocycles. The molecule has 9 rings (SSSR count). The second-order valence-electron chi connectivity index (χ2n) is 15.6. The van der Waals surface area contributed by atoms with E-state index in [2.05, 4.69) is 41.8 Å². The smallest absolute Gasteiger partial charge is 0.319 e. The highest BCUT2D eigenvalue weighted by atomic mass is 32.2. The minimum absolute atomic E-state index is 0.0292. The third-order valence-electron chi connectivity index (χ3n) is 11.1. The summed E-state index contributed by atoms with van der Waals surface area (Å²) < 4.78 is 26.1. The molecule has 1 aliphatic rings. The fraction of sp³-hybridized carbons (Fsp3) is 0.148. The first-order valence-corrected chi connectivity index (χ1v) is 22.3. The molecule has 1 aromatic heterocycles. The fourth-order valence-corrected chi connectivity index (χ4v) is 8.70. The lowest BCUT2D eigenvalue weighted by molar-refractivity contribution is -0.268. The third-order valence-corrected chi connectivity index (χ3v) is 12.1. The van der Waals surface area contributed by atoms with Gasteiger partial charge in [-0.05, 0) is 76.3 Å². The van der Waals surface area contributed by atoms with Crippen LogP contribution in [0.4, 0.5) is 10.5 Å².